The van der Waals surface area contributed by atoms with Crippen LogP contribution >= 0.6 is 34.4 Å². The summed E-state index contributed by atoms with van der Waals surface area (Å²) in [5.74, 6) is 3.10. The predicted molar refractivity (Wildman–Crippen MR) is 281 cm³/mol. The van der Waals surface area contributed by atoms with Crippen molar-refractivity contribution in [3.63, 3.8) is 0 Å². The zero-order chi connectivity index (χ0) is 45.7. The minimum Gasteiger partial charge on any atom is -0.485 e. The van der Waals surface area contributed by atoms with Gasteiger partial charge in [0, 0.05) is 26.9 Å². The summed E-state index contributed by atoms with van der Waals surface area (Å²) in [6, 6.07) is 23.9. The molecule has 8 rings (SSSR count). The predicted octanol–water partition coefficient (Wildman–Crippen LogP) is 12.1. The number of thiophene rings is 2. The van der Waals surface area contributed by atoms with Gasteiger partial charge >= 0.3 is 17.1 Å². The summed E-state index contributed by atoms with van der Waals surface area (Å²) >= 11 is 4.58. The molecule has 5 heterocycles. The molecule has 3 aromatic heterocycles. The van der Waals surface area contributed by atoms with Gasteiger partial charge in [0.2, 0.25) is 0 Å². The van der Waals surface area contributed by atoms with Crippen molar-refractivity contribution in [3.8, 4) is 64.8 Å². The molecule has 0 spiro atoms. The zero-order valence-corrected chi connectivity index (χ0v) is 48.2. The summed E-state index contributed by atoms with van der Waals surface area (Å²) in [5, 5.41) is 0. The minimum atomic E-state index is -2.24. The van der Waals surface area contributed by atoms with Crippen molar-refractivity contribution in [2.75, 3.05) is 32.7 Å². The molecule has 0 aliphatic carbocycles. The number of benzene rings is 3. The van der Waals surface area contributed by atoms with Crippen molar-refractivity contribution in [1.82, 2.24) is 8.75 Å². The van der Waals surface area contributed by atoms with Gasteiger partial charge in [-0.3, -0.25) is 0 Å². The third-order valence-corrected chi connectivity index (χ3v) is 30.9. The highest BCUT2D eigenvalue weighted by Crippen LogP contribution is 2.57. The van der Waals surface area contributed by atoms with E-state index in [1.54, 1.807) is 22.7 Å². The molecule has 6 aromatic rings. The van der Waals surface area contributed by atoms with Crippen LogP contribution in [0.25, 0.3) is 52.8 Å². The number of ether oxygens (including phenoxy) is 4. The van der Waals surface area contributed by atoms with E-state index in [9.17, 15) is 0 Å². The number of hydrogen-bond donors (Lipinski definition) is 0. The van der Waals surface area contributed by atoms with Gasteiger partial charge in [0.25, 0.3) is 0 Å². The quantitative estimate of drug-likeness (QED) is 0.0821. The summed E-state index contributed by atoms with van der Waals surface area (Å²) in [5.41, 5.74) is 8.32. The molecule has 342 valence electrons. The Morgan fingerprint density at radius 3 is 1.30 bits per heavy atom. The van der Waals surface area contributed by atoms with Gasteiger partial charge in [0.05, 0.1) is 31.2 Å². The normalized spacial score (nSPS) is 14.9. The third kappa shape index (κ3) is 11.0. The molecule has 0 amide bonds. The second-order valence-electron chi connectivity index (χ2n) is 19.7. The average Bonchev–Trinajstić information content (AvgIpc) is 3.95. The molecule has 0 bridgehead atoms. The lowest BCUT2D eigenvalue weighted by atomic mass is 10.0. The number of aromatic nitrogens is 2. The number of hydrogen-bond acceptors (Lipinski definition) is 13. The fraction of sp³-hybridized carbons (Fsp3) is 0.422. The first-order valence-electron chi connectivity index (χ1n) is 22.2. The maximum Gasteiger partial charge on any atom is 0.321 e. The number of fused-ring (bicyclic) bond motifs is 3. The molecule has 0 fully saturated rings. The Morgan fingerprint density at radius 2 is 0.906 bits per heavy atom. The van der Waals surface area contributed by atoms with E-state index in [1.165, 1.54) is 22.9 Å². The van der Waals surface area contributed by atoms with Gasteiger partial charge in [-0.1, -0.05) is 67.2 Å². The molecule has 0 radical (unpaired) electrons. The van der Waals surface area contributed by atoms with Crippen molar-refractivity contribution in [3.05, 3.63) is 71.8 Å². The first kappa shape index (κ1) is 47.7. The fourth-order valence-corrected chi connectivity index (χ4v) is 35.1. The topological polar surface area (TPSA) is 99.6 Å². The molecule has 0 saturated carbocycles. The lowest BCUT2D eigenvalue weighted by Gasteiger charge is -2.37. The van der Waals surface area contributed by atoms with Crippen LogP contribution < -0.4 is 18.9 Å². The monoisotopic (exact) mass is 1020 g/mol. The van der Waals surface area contributed by atoms with Gasteiger partial charge in [-0.15, -0.1) is 22.7 Å². The largest absolute Gasteiger partial charge is 0.485 e. The molecule has 2 aliphatic heterocycles. The molecular weight excluding hydrogens is 961 g/mol. The Bertz CT molecular complexity index is 2610. The molecule has 3 aromatic carbocycles. The van der Waals surface area contributed by atoms with Crippen LogP contribution in [0, 0.1) is 0 Å². The number of nitrogens with zero attached hydrogens (tertiary/aromatic N) is 2. The highest BCUT2D eigenvalue weighted by atomic mass is 32.1. The van der Waals surface area contributed by atoms with E-state index in [0.717, 1.165) is 94.1 Å². The van der Waals surface area contributed by atoms with Crippen molar-refractivity contribution >= 4 is 97.0 Å². The highest BCUT2D eigenvalue weighted by Gasteiger charge is 2.39. The Kier molecular flexibility index (Phi) is 14.0. The summed E-state index contributed by atoms with van der Waals surface area (Å²) in [4.78, 5) is 4.06. The molecule has 10 nitrogen and oxygen atoms in total. The third-order valence-electron chi connectivity index (χ3n) is 10.6. The molecule has 0 saturated heterocycles. The SMILES string of the molecule is C[SiH2]CO[Si](C)(C)O[Si](C)(C)Cc1ccc(-c2sc(-c3ccc(-c4sc(-c5ccc(C[Si](C)(C)O[Si](C)(C)O[Si](C)(C)C)cc5)c5c4OCCO5)c4nsnc34)c3c2OCCO3)cc1. The van der Waals surface area contributed by atoms with Gasteiger partial charge in [-0.25, -0.2) is 0 Å². The average molecular weight is 1020 g/mol. The Morgan fingerprint density at radius 1 is 0.516 bits per heavy atom. The standard InChI is InChI=1S/C45H62N2O8S3Si6/c1-59-29-52-63(9,10)54-61(5,6)27-30-13-17-32(18-14-30)42-38-40(50-25-23-48-38)44(56-42)34-21-22-35(37-36(34)46-58-47-37)45-41-39(49-24-26-51-41)43(57-45)33-19-15-31(16-20-33)28-62(7,8)55-64(11,12)53-60(2,3)4/h13-22H,23-29,59H2,1-12H3. The van der Waals surface area contributed by atoms with E-state index in [0.29, 0.717) is 26.4 Å². The van der Waals surface area contributed by atoms with Gasteiger partial charge in [0.1, 0.15) is 37.5 Å². The van der Waals surface area contributed by atoms with Crippen LogP contribution in [0.15, 0.2) is 60.7 Å². The van der Waals surface area contributed by atoms with Gasteiger partial charge in [-0.05, 0) is 106 Å². The van der Waals surface area contributed by atoms with E-state index in [2.05, 4.69) is 139 Å². The summed E-state index contributed by atoms with van der Waals surface area (Å²) in [6.45, 7) is 28.9. The molecule has 0 atom stereocenters. The molecule has 0 N–H and O–H groups in total. The van der Waals surface area contributed by atoms with E-state index in [1.807, 2.05) is 0 Å². The van der Waals surface area contributed by atoms with Crippen molar-refractivity contribution in [2.45, 2.75) is 90.7 Å². The Balaban J connectivity index is 1.07. The smallest absolute Gasteiger partial charge is 0.321 e. The lowest BCUT2D eigenvalue weighted by Crippen LogP contribution is -2.52. The van der Waals surface area contributed by atoms with Gasteiger partial charge < -0.3 is 35.7 Å². The van der Waals surface area contributed by atoms with Crippen LogP contribution in [0.5, 0.6) is 23.0 Å². The van der Waals surface area contributed by atoms with Crippen molar-refractivity contribution in [1.29, 1.82) is 0 Å². The van der Waals surface area contributed by atoms with Crippen LogP contribution in [0.4, 0.5) is 0 Å². The summed E-state index contributed by atoms with van der Waals surface area (Å²) in [7, 11) is -10.3. The molecule has 0 unspecified atom stereocenters. The fourth-order valence-electron chi connectivity index (χ4n) is 8.94. The highest BCUT2D eigenvalue weighted by molar-refractivity contribution is 7.20. The first-order valence-corrected chi connectivity index (χ1v) is 42.3. The van der Waals surface area contributed by atoms with E-state index >= 15 is 0 Å². The molecule has 19 heteroatoms. The van der Waals surface area contributed by atoms with Gasteiger partial charge in [0.15, 0.2) is 48.0 Å². The molecular formula is C45H62N2O8S3Si6. The van der Waals surface area contributed by atoms with Crippen LogP contribution in [0.2, 0.25) is 78.6 Å². The van der Waals surface area contributed by atoms with E-state index in [-0.39, 0.29) is 9.52 Å². The van der Waals surface area contributed by atoms with Crippen molar-refractivity contribution < 1.29 is 35.7 Å². The van der Waals surface area contributed by atoms with E-state index in [4.69, 9.17) is 44.5 Å². The van der Waals surface area contributed by atoms with Crippen LogP contribution in [-0.2, 0) is 28.9 Å². The maximum absolute atomic E-state index is 6.83. The first-order chi connectivity index (χ1) is 30.2. The molecule has 64 heavy (non-hydrogen) atoms. The van der Waals surface area contributed by atoms with Crippen LogP contribution in [-0.4, -0.2) is 93.0 Å². The van der Waals surface area contributed by atoms with Crippen LogP contribution in [0.1, 0.15) is 11.1 Å². The minimum absolute atomic E-state index is 0.158. The van der Waals surface area contributed by atoms with Crippen LogP contribution in [0.3, 0.4) is 0 Å². The zero-order valence-electron chi connectivity index (χ0n) is 39.3. The van der Waals surface area contributed by atoms with E-state index < -0.39 is 42.1 Å². The maximum atomic E-state index is 6.83. The van der Waals surface area contributed by atoms with Crippen molar-refractivity contribution in [2.24, 2.45) is 0 Å². The summed E-state index contributed by atoms with van der Waals surface area (Å²) in [6.07, 6.45) is 0.886. The number of rotatable bonds is 17. The summed E-state index contributed by atoms with van der Waals surface area (Å²) < 4.78 is 61.7. The Hall–Kier alpha value is -2.78. The Labute approximate surface area is 398 Å². The van der Waals surface area contributed by atoms with Gasteiger partial charge in [-0.2, -0.15) is 8.75 Å². The lowest BCUT2D eigenvalue weighted by molar-refractivity contribution is 0.175. The second kappa shape index (κ2) is 18.7. The molecule has 2 aliphatic rings. The second-order valence-corrected chi connectivity index (χ2v) is 44.0.